The Bertz CT molecular complexity index is 1800. The van der Waals surface area contributed by atoms with Gasteiger partial charge in [0.1, 0.15) is 23.0 Å². The molecule has 43 heavy (non-hydrogen) atoms. The van der Waals surface area contributed by atoms with Crippen LogP contribution in [0, 0.1) is 11.7 Å². The monoisotopic (exact) mass is 572 g/mol. The molecule has 7 rings (SSSR count). The van der Waals surface area contributed by atoms with E-state index in [0.29, 0.717) is 29.2 Å². The molecule has 0 radical (unpaired) electrons. The highest BCUT2D eigenvalue weighted by molar-refractivity contribution is 6.17. The molecule has 0 unspecified atom stereocenters. The number of benzene rings is 4. The molecule has 1 fully saturated rings. The van der Waals surface area contributed by atoms with E-state index in [1.807, 2.05) is 72.6 Å². The first kappa shape index (κ1) is 26.8. The summed E-state index contributed by atoms with van der Waals surface area (Å²) in [5, 5.41) is 3.04. The van der Waals surface area contributed by atoms with Gasteiger partial charge in [0.15, 0.2) is 11.6 Å². The largest absolute Gasteiger partial charge is 0.493 e. The maximum atomic E-state index is 14.9. The SMILES string of the molecule is CCCOc1ccccc1C(=O)[C@@H]1[C@H](C(=O)c2ccc(F)cc2)[C@]2(C(=O)Nc3ccccc32)[C@H]2c3ccccc3C=CN12. The molecule has 1 saturated heterocycles. The van der Waals surface area contributed by atoms with Crippen molar-refractivity contribution in [2.45, 2.75) is 30.8 Å². The van der Waals surface area contributed by atoms with Crippen LogP contribution in [0.1, 0.15) is 56.8 Å². The third-order valence-corrected chi connectivity index (χ3v) is 8.86. The quantitative estimate of drug-likeness (QED) is 0.253. The van der Waals surface area contributed by atoms with Crippen LogP contribution in [0.3, 0.4) is 0 Å². The van der Waals surface area contributed by atoms with Crippen LogP contribution in [0.15, 0.2) is 103 Å². The molecule has 0 aliphatic carbocycles. The number of halogens is 1. The van der Waals surface area contributed by atoms with Crippen molar-refractivity contribution in [1.82, 2.24) is 4.90 Å². The Morgan fingerprint density at radius 1 is 0.907 bits per heavy atom. The minimum Gasteiger partial charge on any atom is -0.493 e. The molecule has 3 aliphatic heterocycles. The van der Waals surface area contributed by atoms with Crippen molar-refractivity contribution in [2.75, 3.05) is 11.9 Å². The Kier molecular flexibility index (Phi) is 6.46. The number of nitrogens with zero attached hydrogens (tertiary/aromatic N) is 1. The predicted octanol–water partition coefficient (Wildman–Crippen LogP) is 6.60. The van der Waals surface area contributed by atoms with E-state index in [1.165, 1.54) is 24.3 Å². The maximum absolute atomic E-state index is 14.9. The van der Waals surface area contributed by atoms with Crippen LogP contribution in [0.2, 0.25) is 0 Å². The van der Waals surface area contributed by atoms with Crippen LogP contribution >= 0.6 is 0 Å². The molecule has 1 N–H and O–H groups in total. The van der Waals surface area contributed by atoms with Crippen molar-refractivity contribution in [1.29, 1.82) is 0 Å². The molecule has 4 aromatic carbocycles. The topological polar surface area (TPSA) is 75.7 Å². The minimum atomic E-state index is -1.46. The number of rotatable bonds is 7. The molecule has 7 heteroatoms. The summed E-state index contributed by atoms with van der Waals surface area (Å²) in [5.41, 5.74) is 2.14. The van der Waals surface area contributed by atoms with Gasteiger partial charge in [0.25, 0.3) is 0 Å². The zero-order valence-corrected chi connectivity index (χ0v) is 23.5. The van der Waals surface area contributed by atoms with Gasteiger partial charge in [0, 0.05) is 17.5 Å². The highest BCUT2D eigenvalue weighted by Crippen LogP contribution is 2.62. The van der Waals surface area contributed by atoms with Crippen molar-refractivity contribution < 1.29 is 23.5 Å². The Hall–Kier alpha value is -5.04. The van der Waals surface area contributed by atoms with Crippen LogP contribution < -0.4 is 10.1 Å². The Morgan fingerprint density at radius 2 is 1.63 bits per heavy atom. The van der Waals surface area contributed by atoms with Gasteiger partial charge in [-0.2, -0.15) is 0 Å². The average Bonchev–Trinajstić information content (AvgIpc) is 3.52. The molecule has 0 bridgehead atoms. The summed E-state index contributed by atoms with van der Waals surface area (Å²) in [7, 11) is 0. The summed E-state index contributed by atoms with van der Waals surface area (Å²) >= 11 is 0. The third-order valence-electron chi connectivity index (χ3n) is 8.86. The van der Waals surface area contributed by atoms with Gasteiger partial charge in [-0.05, 0) is 71.7 Å². The number of hydrogen-bond donors (Lipinski definition) is 1. The highest BCUT2D eigenvalue weighted by Gasteiger charge is 2.70. The number of ketones is 2. The lowest BCUT2D eigenvalue weighted by Gasteiger charge is -2.38. The van der Waals surface area contributed by atoms with Crippen LogP contribution in [-0.2, 0) is 10.2 Å². The molecule has 1 spiro atoms. The van der Waals surface area contributed by atoms with E-state index >= 15 is 0 Å². The zero-order chi connectivity index (χ0) is 29.7. The van der Waals surface area contributed by atoms with Gasteiger partial charge in [-0.3, -0.25) is 14.4 Å². The Balaban J connectivity index is 1.51. The second-order valence-corrected chi connectivity index (χ2v) is 11.2. The van der Waals surface area contributed by atoms with Gasteiger partial charge >= 0.3 is 0 Å². The first-order valence-corrected chi connectivity index (χ1v) is 14.5. The standard InChI is InChI=1S/C36H29FN2O4/c1-2-21-43-29-14-8-5-11-26(29)33(41)31-30(32(40)23-15-17-24(37)18-16-23)36(27-12-6-7-13-28(27)38-35(36)42)34-25-10-4-3-9-22(25)19-20-39(31)34/h3-20,30-31,34H,2,21H2,1H3,(H,38,42)/t30-,31+,34-,36+/m1/s1. The average molecular weight is 573 g/mol. The fourth-order valence-electron chi connectivity index (χ4n) is 7.13. The second kappa shape index (κ2) is 10.3. The molecule has 0 saturated carbocycles. The molecule has 0 aromatic heterocycles. The number of hydrogen-bond acceptors (Lipinski definition) is 5. The van der Waals surface area contributed by atoms with Gasteiger partial charge in [0.05, 0.1) is 24.1 Å². The van der Waals surface area contributed by atoms with Gasteiger partial charge < -0.3 is 15.0 Å². The summed E-state index contributed by atoms with van der Waals surface area (Å²) in [6, 6.07) is 25.7. The molecule has 3 heterocycles. The fraction of sp³-hybridized carbons (Fsp3) is 0.194. The van der Waals surface area contributed by atoms with Crippen molar-refractivity contribution >= 4 is 29.2 Å². The lowest BCUT2D eigenvalue weighted by Crippen LogP contribution is -2.49. The number of ether oxygens (including phenoxy) is 1. The smallest absolute Gasteiger partial charge is 0.238 e. The number of nitrogens with one attached hydrogen (secondary N) is 1. The summed E-state index contributed by atoms with van der Waals surface area (Å²) in [5.74, 6) is -2.27. The van der Waals surface area contributed by atoms with E-state index in [0.717, 1.165) is 17.5 Å². The number of para-hydroxylation sites is 2. The number of carbonyl (C=O) groups excluding carboxylic acids is 3. The second-order valence-electron chi connectivity index (χ2n) is 11.2. The lowest BCUT2D eigenvalue weighted by atomic mass is 9.62. The van der Waals surface area contributed by atoms with Gasteiger partial charge in [0.2, 0.25) is 5.91 Å². The van der Waals surface area contributed by atoms with Crippen molar-refractivity contribution in [2.24, 2.45) is 5.92 Å². The van der Waals surface area contributed by atoms with Crippen LogP contribution in [0.25, 0.3) is 6.08 Å². The number of carbonyl (C=O) groups is 3. The highest BCUT2D eigenvalue weighted by atomic mass is 19.1. The zero-order valence-electron chi connectivity index (χ0n) is 23.5. The molecule has 4 aromatic rings. The van der Waals surface area contributed by atoms with Crippen molar-refractivity contribution in [3.05, 3.63) is 137 Å². The normalized spacial score (nSPS) is 23.0. The molecule has 6 nitrogen and oxygen atoms in total. The third kappa shape index (κ3) is 3.95. The number of anilines is 1. The van der Waals surface area contributed by atoms with Crippen LogP contribution in [0.4, 0.5) is 10.1 Å². The van der Waals surface area contributed by atoms with Gasteiger partial charge in [-0.1, -0.05) is 61.5 Å². The summed E-state index contributed by atoms with van der Waals surface area (Å²) in [6.07, 6.45) is 4.51. The fourth-order valence-corrected chi connectivity index (χ4v) is 7.13. The Morgan fingerprint density at radius 3 is 2.44 bits per heavy atom. The lowest BCUT2D eigenvalue weighted by molar-refractivity contribution is -0.122. The van der Waals surface area contributed by atoms with Gasteiger partial charge in [-0.15, -0.1) is 0 Å². The molecule has 1 amide bonds. The maximum Gasteiger partial charge on any atom is 0.238 e. The first-order valence-electron chi connectivity index (χ1n) is 14.5. The Labute approximate surface area is 248 Å². The predicted molar refractivity (Wildman–Crippen MR) is 161 cm³/mol. The van der Waals surface area contributed by atoms with E-state index in [1.54, 1.807) is 24.3 Å². The molecular weight excluding hydrogens is 543 g/mol. The minimum absolute atomic E-state index is 0.230. The summed E-state index contributed by atoms with van der Waals surface area (Å²) < 4.78 is 20.0. The first-order chi connectivity index (χ1) is 21.0. The summed E-state index contributed by atoms with van der Waals surface area (Å²) in [4.78, 5) is 46.1. The van der Waals surface area contributed by atoms with E-state index in [2.05, 4.69) is 5.32 Å². The number of Topliss-reactive ketones (excluding diaryl/α,β-unsaturated/α-hetero) is 2. The molecule has 4 atom stereocenters. The molecule has 3 aliphatic rings. The van der Waals surface area contributed by atoms with E-state index in [-0.39, 0.29) is 17.3 Å². The number of fused-ring (bicyclic) bond motifs is 6. The van der Waals surface area contributed by atoms with E-state index in [9.17, 15) is 18.8 Å². The van der Waals surface area contributed by atoms with E-state index in [4.69, 9.17) is 4.74 Å². The van der Waals surface area contributed by atoms with Crippen LogP contribution in [-0.4, -0.2) is 35.0 Å². The number of amides is 1. The van der Waals surface area contributed by atoms with Gasteiger partial charge in [-0.25, -0.2) is 4.39 Å². The summed E-state index contributed by atoms with van der Waals surface area (Å²) in [6.45, 7) is 2.41. The molecular formula is C36H29FN2O4. The van der Waals surface area contributed by atoms with Crippen molar-refractivity contribution in [3.8, 4) is 5.75 Å². The molecule has 214 valence electrons. The van der Waals surface area contributed by atoms with Crippen LogP contribution in [0.5, 0.6) is 5.75 Å². The van der Waals surface area contributed by atoms with Crippen molar-refractivity contribution in [3.63, 3.8) is 0 Å². The van der Waals surface area contributed by atoms with E-state index < -0.39 is 35.0 Å².